The fourth-order valence-electron chi connectivity index (χ4n) is 3.14. The highest BCUT2D eigenvalue weighted by molar-refractivity contribution is 5.99. The number of hydrazone groups is 1. The van der Waals surface area contributed by atoms with Gasteiger partial charge in [-0.25, -0.2) is 4.39 Å². The number of benzene rings is 3. The van der Waals surface area contributed by atoms with Crippen molar-refractivity contribution >= 4 is 17.1 Å². The third-order valence-electron chi connectivity index (χ3n) is 4.51. The summed E-state index contributed by atoms with van der Waals surface area (Å²) in [5.74, 6) is -0.214. The third-order valence-corrected chi connectivity index (χ3v) is 4.51. The highest BCUT2D eigenvalue weighted by Gasteiger charge is 2.07. The zero-order valence-electron chi connectivity index (χ0n) is 14.8. The second kappa shape index (κ2) is 7.87. The molecular weight excluding hydrogens is 337 g/mol. The SMILES string of the molecule is Fc1ccc(Cn2cc(C=NNCc3ccccc3)c3ccccc32)cc1. The van der Waals surface area contributed by atoms with E-state index in [1.807, 2.05) is 48.7 Å². The topological polar surface area (TPSA) is 29.3 Å². The average Bonchev–Trinajstić information content (AvgIpc) is 3.06. The molecule has 0 saturated heterocycles. The molecule has 0 aliphatic carbocycles. The minimum Gasteiger partial charge on any atom is -0.342 e. The van der Waals surface area contributed by atoms with Crippen LogP contribution in [0, 0.1) is 5.82 Å². The summed E-state index contributed by atoms with van der Waals surface area (Å²) in [5.41, 5.74) is 7.53. The van der Waals surface area contributed by atoms with Crippen molar-refractivity contribution in [3.8, 4) is 0 Å². The van der Waals surface area contributed by atoms with Crippen LogP contribution in [0.4, 0.5) is 4.39 Å². The Hall–Kier alpha value is -3.40. The second-order valence-electron chi connectivity index (χ2n) is 6.43. The lowest BCUT2D eigenvalue weighted by atomic mass is 10.2. The molecule has 3 nitrogen and oxygen atoms in total. The first-order valence-electron chi connectivity index (χ1n) is 8.92. The van der Waals surface area contributed by atoms with Gasteiger partial charge in [0.05, 0.1) is 12.8 Å². The molecule has 0 aliphatic heterocycles. The van der Waals surface area contributed by atoms with Gasteiger partial charge in [-0.1, -0.05) is 60.7 Å². The maximum absolute atomic E-state index is 13.1. The normalized spacial score (nSPS) is 11.3. The first-order chi connectivity index (χ1) is 13.3. The molecule has 0 saturated carbocycles. The van der Waals surface area contributed by atoms with Gasteiger partial charge in [-0.05, 0) is 29.3 Å². The van der Waals surface area contributed by atoms with Crippen molar-refractivity contribution in [1.82, 2.24) is 9.99 Å². The van der Waals surface area contributed by atoms with Gasteiger partial charge in [0, 0.05) is 29.2 Å². The molecule has 0 fully saturated rings. The van der Waals surface area contributed by atoms with Crippen molar-refractivity contribution in [2.45, 2.75) is 13.1 Å². The molecule has 0 radical (unpaired) electrons. The number of hydrogen-bond donors (Lipinski definition) is 1. The lowest BCUT2D eigenvalue weighted by molar-refractivity contribution is 0.626. The van der Waals surface area contributed by atoms with Crippen LogP contribution in [0.1, 0.15) is 16.7 Å². The molecule has 134 valence electrons. The smallest absolute Gasteiger partial charge is 0.123 e. The molecule has 1 N–H and O–H groups in total. The predicted octanol–water partition coefficient (Wildman–Crippen LogP) is 4.95. The van der Waals surface area contributed by atoms with E-state index in [0.717, 1.165) is 22.0 Å². The van der Waals surface area contributed by atoms with Crippen LogP contribution >= 0.6 is 0 Å². The van der Waals surface area contributed by atoms with E-state index in [0.29, 0.717) is 13.1 Å². The zero-order chi connectivity index (χ0) is 18.5. The summed E-state index contributed by atoms with van der Waals surface area (Å²) in [6.07, 6.45) is 3.94. The number of nitrogens with zero attached hydrogens (tertiary/aromatic N) is 2. The number of para-hydroxylation sites is 1. The quantitative estimate of drug-likeness (QED) is 0.384. The maximum atomic E-state index is 13.1. The summed E-state index contributed by atoms with van der Waals surface area (Å²) in [7, 11) is 0. The fraction of sp³-hybridized carbons (Fsp3) is 0.0870. The molecule has 0 spiro atoms. The highest BCUT2D eigenvalue weighted by Crippen LogP contribution is 2.21. The fourth-order valence-corrected chi connectivity index (χ4v) is 3.14. The van der Waals surface area contributed by atoms with Crippen LogP contribution < -0.4 is 5.43 Å². The third kappa shape index (κ3) is 4.06. The van der Waals surface area contributed by atoms with Crippen LogP contribution in [-0.4, -0.2) is 10.8 Å². The maximum Gasteiger partial charge on any atom is 0.123 e. The Kier molecular flexibility index (Phi) is 4.97. The molecule has 1 heterocycles. The van der Waals surface area contributed by atoms with Gasteiger partial charge in [-0.3, -0.25) is 0 Å². The number of halogens is 1. The first-order valence-corrected chi connectivity index (χ1v) is 8.92. The van der Waals surface area contributed by atoms with E-state index in [1.54, 1.807) is 0 Å². The zero-order valence-corrected chi connectivity index (χ0v) is 14.8. The van der Waals surface area contributed by atoms with Gasteiger partial charge < -0.3 is 9.99 Å². The van der Waals surface area contributed by atoms with Crippen molar-refractivity contribution in [2.24, 2.45) is 5.10 Å². The van der Waals surface area contributed by atoms with Crippen LogP contribution in [-0.2, 0) is 13.1 Å². The summed E-state index contributed by atoms with van der Waals surface area (Å²) in [5, 5.41) is 5.52. The van der Waals surface area contributed by atoms with Gasteiger partial charge in [-0.15, -0.1) is 0 Å². The molecular formula is C23H20FN3. The van der Waals surface area contributed by atoms with E-state index >= 15 is 0 Å². The monoisotopic (exact) mass is 357 g/mol. The Bertz CT molecular complexity index is 1050. The van der Waals surface area contributed by atoms with E-state index in [9.17, 15) is 4.39 Å². The van der Waals surface area contributed by atoms with Gasteiger partial charge in [0.15, 0.2) is 0 Å². The molecule has 4 aromatic rings. The number of aromatic nitrogens is 1. The van der Waals surface area contributed by atoms with Crippen LogP contribution in [0.2, 0.25) is 0 Å². The predicted molar refractivity (Wildman–Crippen MR) is 108 cm³/mol. The van der Waals surface area contributed by atoms with Gasteiger partial charge in [0.1, 0.15) is 5.82 Å². The summed E-state index contributed by atoms with van der Waals surface area (Å²) in [6.45, 7) is 1.37. The molecule has 27 heavy (non-hydrogen) atoms. The average molecular weight is 357 g/mol. The van der Waals surface area contributed by atoms with Crippen LogP contribution in [0.5, 0.6) is 0 Å². The number of hydrogen-bond acceptors (Lipinski definition) is 2. The largest absolute Gasteiger partial charge is 0.342 e. The minimum absolute atomic E-state index is 0.214. The number of fused-ring (bicyclic) bond motifs is 1. The van der Waals surface area contributed by atoms with Crippen molar-refractivity contribution in [3.05, 3.63) is 108 Å². The Morgan fingerprint density at radius 3 is 2.41 bits per heavy atom. The lowest BCUT2D eigenvalue weighted by Crippen LogP contribution is -2.05. The standard InChI is InChI=1S/C23H20FN3/c24-21-12-10-19(11-13-21)16-27-17-20(22-8-4-5-9-23(22)27)15-26-25-14-18-6-2-1-3-7-18/h1-13,15,17,25H,14,16H2. The van der Waals surface area contributed by atoms with E-state index in [1.165, 1.54) is 17.7 Å². The molecule has 0 unspecified atom stereocenters. The molecule has 0 aliphatic rings. The summed E-state index contributed by atoms with van der Waals surface area (Å²) in [6, 6.07) is 25.0. The number of rotatable bonds is 6. The second-order valence-corrected chi connectivity index (χ2v) is 6.43. The summed E-state index contributed by atoms with van der Waals surface area (Å²) < 4.78 is 15.3. The van der Waals surface area contributed by atoms with Gasteiger partial charge in [-0.2, -0.15) is 5.10 Å². The van der Waals surface area contributed by atoms with Gasteiger partial charge in [0.2, 0.25) is 0 Å². The Labute approximate surface area is 157 Å². The lowest BCUT2D eigenvalue weighted by Gasteiger charge is -2.05. The Balaban J connectivity index is 1.54. The van der Waals surface area contributed by atoms with Crippen molar-refractivity contribution in [3.63, 3.8) is 0 Å². The van der Waals surface area contributed by atoms with E-state index < -0.39 is 0 Å². The molecule has 4 heteroatoms. The van der Waals surface area contributed by atoms with E-state index in [-0.39, 0.29) is 5.82 Å². The molecule has 0 amide bonds. The number of nitrogens with one attached hydrogen (secondary N) is 1. The molecule has 1 aromatic heterocycles. The van der Waals surface area contributed by atoms with Crippen molar-refractivity contribution in [1.29, 1.82) is 0 Å². The van der Waals surface area contributed by atoms with E-state index in [2.05, 4.69) is 45.6 Å². The van der Waals surface area contributed by atoms with Crippen LogP contribution in [0.3, 0.4) is 0 Å². The Morgan fingerprint density at radius 1 is 0.852 bits per heavy atom. The minimum atomic E-state index is -0.214. The van der Waals surface area contributed by atoms with Crippen molar-refractivity contribution < 1.29 is 4.39 Å². The molecule has 4 rings (SSSR count). The summed E-state index contributed by atoms with van der Waals surface area (Å²) >= 11 is 0. The van der Waals surface area contributed by atoms with Crippen molar-refractivity contribution in [2.75, 3.05) is 0 Å². The highest BCUT2D eigenvalue weighted by atomic mass is 19.1. The Morgan fingerprint density at radius 2 is 1.59 bits per heavy atom. The van der Waals surface area contributed by atoms with Gasteiger partial charge >= 0.3 is 0 Å². The van der Waals surface area contributed by atoms with Crippen LogP contribution in [0.25, 0.3) is 10.9 Å². The molecule has 0 atom stereocenters. The molecule has 0 bridgehead atoms. The van der Waals surface area contributed by atoms with Crippen LogP contribution in [0.15, 0.2) is 90.2 Å². The van der Waals surface area contributed by atoms with Gasteiger partial charge in [0.25, 0.3) is 0 Å². The summed E-state index contributed by atoms with van der Waals surface area (Å²) in [4.78, 5) is 0. The van der Waals surface area contributed by atoms with E-state index in [4.69, 9.17) is 0 Å². The molecule has 3 aromatic carbocycles. The first kappa shape index (κ1) is 17.0.